The molecule has 9 heteroatoms. The van der Waals surface area contributed by atoms with Crippen molar-refractivity contribution in [2.45, 2.75) is 38.7 Å². The Labute approximate surface area is 265 Å². The van der Waals surface area contributed by atoms with E-state index in [1.165, 1.54) is 4.90 Å². The highest BCUT2D eigenvalue weighted by atomic mass is 35.5. The van der Waals surface area contributed by atoms with E-state index in [2.05, 4.69) is 6.92 Å². The van der Waals surface area contributed by atoms with Crippen LogP contribution in [0, 0.1) is 17.8 Å². The Hall–Kier alpha value is -4.07. The van der Waals surface area contributed by atoms with Crippen molar-refractivity contribution in [1.29, 1.82) is 0 Å². The number of halogens is 2. The molecule has 2 amide bonds. The molecular weight excluding hydrogens is 599 g/mol. The number of hydrogen-bond donors (Lipinski definition) is 0. The number of esters is 1. The Bertz CT molecular complexity index is 1760. The van der Waals surface area contributed by atoms with Gasteiger partial charge < -0.3 is 4.74 Å². The summed E-state index contributed by atoms with van der Waals surface area (Å²) in [5.74, 6) is -1.26. The summed E-state index contributed by atoms with van der Waals surface area (Å²) in [7, 11) is 0. The van der Waals surface area contributed by atoms with Gasteiger partial charge in [-0.05, 0) is 73.7 Å². The summed E-state index contributed by atoms with van der Waals surface area (Å²) in [5, 5.41) is 1.06. The molecule has 1 aromatic heterocycles. The lowest BCUT2D eigenvalue weighted by molar-refractivity contribution is -0.122. The van der Waals surface area contributed by atoms with Crippen molar-refractivity contribution < 1.29 is 23.9 Å². The second-order valence-electron chi connectivity index (χ2n) is 11.5. The van der Waals surface area contributed by atoms with Gasteiger partial charge in [-0.1, -0.05) is 48.9 Å². The Morgan fingerprint density at radius 1 is 0.955 bits per heavy atom. The zero-order valence-corrected chi connectivity index (χ0v) is 25.6. The van der Waals surface area contributed by atoms with Gasteiger partial charge in [0, 0.05) is 33.8 Å². The van der Waals surface area contributed by atoms with Crippen molar-refractivity contribution >= 4 is 63.4 Å². The van der Waals surface area contributed by atoms with Gasteiger partial charge in [0.05, 0.1) is 34.3 Å². The van der Waals surface area contributed by atoms with Crippen molar-refractivity contribution in [3.05, 3.63) is 95.0 Å². The first-order valence-corrected chi connectivity index (χ1v) is 15.6. The van der Waals surface area contributed by atoms with Crippen LogP contribution in [-0.2, 0) is 14.3 Å². The van der Waals surface area contributed by atoms with Crippen molar-refractivity contribution in [2.75, 3.05) is 10.8 Å². The smallest absolute Gasteiger partial charge is 0.339 e. The summed E-state index contributed by atoms with van der Waals surface area (Å²) in [5.41, 5.74) is 2.90. The Morgan fingerprint density at radius 2 is 1.66 bits per heavy atom. The number of amides is 2. The highest BCUT2D eigenvalue weighted by Crippen LogP contribution is 2.42. The number of para-hydroxylation sites is 1. The molecule has 44 heavy (non-hydrogen) atoms. The van der Waals surface area contributed by atoms with E-state index in [1.54, 1.807) is 72.8 Å². The number of pyridine rings is 1. The van der Waals surface area contributed by atoms with Crippen LogP contribution in [0.15, 0.2) is 78.9 Å². The number of carbonyl (C=O) groups is 4. The molecule has 1 aliphatic heterocycles. The molecule has 4 atom stereocenters. The minimum atomic E-state index is -1.09. The molecule has 6 rings (SSSR count). The fourth-order valence-electron chi connectivity index (χ4n) is 6.25. The summed E-state index contributed by atoms with van der Waals surface area (Å²) in [6.07, 6.45) is 1.48. The van der Waals surface area contributed by atoms with Crippen LogP contribution < -0.4 is 4.90 Å². The minimum Gasteiger partial charge on any atom is -0.450 e. The van der Waals surface area contributed by atoms with Gasteiger partial charge in [-0.3, -0.25) is 19.3 Å². The third kappa shape index (κ3) is 5.74. The van der Waals surface area contributed by atoms with E-state index in [4.69, 9.17) is 32.9 Å². The molecule has 1 aliphatic carbocycles. The molecule has 4 unspecified atom stereocenters. The largest absolute Gasteiger partial charge is 0.450 e. The normalized spacial score (nSPS) is 20.4. The number of ether oxygens (including phenoxy) is 1. The quantitative estimate of drug-likeness (QED) is 0.0867. The van der Waals surface area contributed by atoms with Crippen LogP contribution in [0.3, 0.4) is 0 Å². The molecule has 7 nitrogen and oxygen atoms in total. The molecule has 3 aromatic carbocycles. The predicted molar refractivity (Wildman–Crippen MR) is 170 cm³/mol. The van der Waals surface area contributed by atoms with Crippen LogP contribution in [0.2, 0.25) is 5.02 Å². The third-order valence-corrected chi connectivity index (χ3v) is 9.06. The van der Waals surface area contributed by atoms with Gasteiger partial charge in [0.2, 0.25) is 17.6 Å². The fourth-order valence-corrected chi connectivity index (χ4v) is 6.58. The molecular formula is C35H30Cl2N2O5. The maximum atomic E-state index is 13.6. The highest BCUT2D eigenvalue weighted by Gasteiger charge is 2.49. The van der Waals surface area contributed by atoms with E-state index in [-0.39, 0.29) is 47.3 Å². The molecule has 4 aromatic rings. The van der Waals surface area contributed by atoms with Gasteiger partial charge in [-0.15, -0.1) is 11.6 Å². The van der Waals surface area contributed by atoms with Gasteiger partial charge in [0.25, 0.3) is 0 Å². The fraction of sp³-hybridized carbons (Fsp3) is 0.286. The molecule has 0 spiro atoms. The van der Waals surface area contributed by atoms with Crippen LogP contribution in [0.4, 0.5) is 5.69 Å². The van der Waals surface area contributed by atoms with Crippen molar-refractivity contribution in [2.24, 2.45) is 17.8 Å². The first-order chi connectivity index (χ1) is 21.2. The maximum Gasteiger partial charge on any atom is 0.339 e. The second kappa shape index (κ2) is 12.5. The molecule has 224 valence electrons. The number of ketones is 1. The maximum absolute atomic E-state index is 13.6. The lowest BCUT2D eigenvalue weighted by atomic mass is 9.76. The summed E-state index contributed by atoms with van der Waals surface area (Å²) in [6.45, 7) is 2.13. The number of fused-ring (bicyclic) bond motifs is 2. The minimum absolute atomic E-state index is 0.120. The summed E-state index contributed by atoms with van der Waals surface area (Å²) >= 11 is 12.0. The standard InChI is InChI=1S/C35H30Cl2N2O5/c1-20-6-15-26-27(18-20)34(42)39(33(26)41)24-13-9-21(10-14-24)30-19-28(25-4-2-3-5-29(25)38-30)35(43)44-31(16-17-36)32(40)22-7-11-23(37)12-8-22/h2-5,7-14,19-20,26-27,31H,6,15-18H2,1H3. The summed E-state index contributed by atoms with van der Waals surface area (Å²) < 4.78 is 5.77. The Balaban J connectivity index is 1.29. The second-order valence-corrected chi connectivity index (χ2v) is 12.3. The van der Waals surface area contributed by atoms with Crippen LogP contribution in [0.5, 0.6) is 0 Å². The van der Waals surface area contributed by atoms with Crippen LogP contribution >= 0.6 is 23.2 Å². The lowest BCUT2D eigenvalue weighted by Crippen LogP contribution is -2.30. The number of anilines is 1. The van der Waals surface area contributed by atoms with Gasteiger partial charge in [-0.2, -0.15) is 0 Å². The Kier molecular flexibility index (Phi) is 8.52. The SMILES string of the molecule is CC1CCC2C(=O)N(c3ccc(-c4cc(C(=O)OC(CCCl)C(=O)c5ccc(Cl)cc5)c5ccccc5n4)cc3)C(=O)C2C1. The van der Waals surface area contributed by atoms with E-state index in [0.29, 0.717) is 44.4 Å². The number of benzene rings is 3. The van der Waals surface area contributed by atoms with Gasteiger partial charge >= 0.3 is 5.97 Å². The van der Waals surface area contributed by atoms with E-state index in [0.717, 1.165) is 19.3 Å². The summed E-state index contributed by atoms with van der Waals surface area (Å²) in [4.78, 5) is 59.3. The van der Waals surface area contributed by atoms with E-state index < -0.39 is 12.1 Å². The predicted octanol–water partition coefficient (Wildman–Crippen LogP) is 7.52. The molecule has 0 radical (unpaired) electrons. The molecule has 2 fully saturated rings. The molecule has 2 heterocycles. The highest BCUT2D eigenvalue weighted by molar-refractivity contribution is 6.30. The van der Waals surface area contributed by atoms with Crippen LogP contribution in [0.25, 0.3) is 22.2 Å². The number of aromatic nitrogens is 1. The number of imide groups is 1. The zero-order chi connectivity index (χ0) is 31.0. The van der Waals surface area contributed by atoms with Gasteiger partial charge in [0.1, 0.15) is 0 Å². The lowest BCUT2D eigenvalue weighted by Gasteiger charge is -2.25. The first kappa shape index (κ1) is 30.0. The Morgan fingerprint density at radius 3 is 2.39 bits per heavy atom. The van der Waals surface area contributed by atoms with Crippen LogP contribution in [0.1, 0.15) is 53.3 Å². The monoisotopic (exact) mass is 628 g/mol. The molecule has 0 bridgehead atoms. The van der Waals surface area contributed by atoms with Gasteiger partial charge in [0.15, 0.2) is 6.10 Å². The van der Waals surface area contributed by atoms with Crippen molar-refractivity contribution in [3.63, 3.8) is 0 Å². The van der Waals surface area contributed by atoms with Gasteiger partial charge in [-0.25, -0.2) is 9.78 Å². The number of hydrogen-bond acceptors (Lipinski definition) is 6. The molecule has 1 saturated heterocycles. The molecule has 0 N–H and O–H groups in total. The molecule has 2 aliphatic rings. The van der Waals surface area contributed by atoms with Crippen molar-refractivity contribution in [3.8, 4) is 11.3 Å². The number of alkyl halides is 1. The average molecular weight is 630 g/mol. The number of Topliss-reactive ketones (excluding diaryl/α,β-unsaturated/α-hetero) is 1. The average Bonchev–Trinajstić information content (AvgIpc) is 3.28. The van der Waals surface area contributed by atoms with E-state index in [1.807, 2.05) is 6.07 Å². The number of nitrogens with zero attached hydrogens (tertiary/aromatic N) is 2. The third-order valence-electron chi connectivity index (χ3n) is 8.59. The van der Waals surface area contributed by atoms with Crippen molar-refractivity contribution in [1.82, 2.24) is 4.98 Å². The number of rotatable bonds is 8. The van der Waals surface area contributed by atoms with E-state index in [9.17, 15) is 19.2 Å². The summed E-state index contributed by atoms with van der Waals surface area (Å²) in [6, 6.07) is 22.2. The topological polar surface area (TPSA) is 93.6 Å². The van der Waals surface area contributed by atoms with Crippen LogP contribution in [-0.4, -0.2) is 40.5 Å². The van der Waals surface area contributed by atoms with E-state index >= 15 is 0 Å². The zero-order valence-electron chi connectivity index (χ0n) is 24.0. The first-order valence-electron chi connectivity index (χ1n) is 14.7. The number of carbonyl (C=O) groups excluding carboxylic acids is 4. The molecule has 1 saturated carbocycles.